The second-order valence-corrected chi connectivity index (χ2v) is 14.5. The molecule has 2 fully saturated rings. The van der Waals surface area contributed by atoms with Gasteiger partial charge in [0.15, 0.2) is 5.65 Å². The fraction of sp³-hybridized carbons (Fsp3) is 0.390. The molecule has 3 aromatic heterocycles. The lowest BCUT2D eigenvalue weighted by Crippen LogP contribution is -2.30. The van der Waals surface area contributed by atoms with Crippen molar-refractivity contribution in [3.63, 3.8) is 0 Å². The van der Waals surface area contributed by atoms with Gasteiger partial charge in [-0.1, -0.05) is 48.9 Å². The monoisotopic (exact) mass is 749 g/mol. The smallest absolute Gasteiger partial charge is 0.270 e. The van der Waals surface area contributed by atoms with E-state index in [1.807, 2.05) is 48.1 Å². The molecule has 5 N–H and O–H groups in total. The predicted molar refractivity (Wildman–Crippen MR) is 211 cm³/mol. The zero-order valence-electron chi connectivity index (χ0n) is 30.9. The van der Waals surface area contributed by atoms with Crippen LogP contribution in [0.15, 0.2) is 66.9 Å². The second-order valence-electron chi connectivity index (χ2n) is 14.1. The first-order valence-electron chi connectivity index (χ1n) is 18.9. The summed E-state index contributed by atoms with van der Waals surface area (Å²) in [5.74, 6) is -0.768. The quantitative estimate of drug-likeness (QED) is 0.119. The summed E-state index contributed by atoms with van der Waals surface area (Å²) >= 11 is 6.67. The molecule has 2 aliphatic heterocycles. The van der Waals surface area contributed by atoms with E-state index in [2.05, 4.69) is 50.0 Å². The average molecular weight is 750 g/mol. The normalized spacial score (nSPS) is 16.5. The van der Waals surface area contributed by atoms with Crippen LogP contribution in [0.4, 0.5) is 5.69 Å². The fourth-order valence-corrected chi connectivity index (χ4v) is 7.55. The first-order chi connectivity index (χ1) is 26.3. The maximum absolute atomic E-state index is 13.5. The Balaban J connectivity index is 1.02. The third-order valence-electron chi connectivity index (χ3n) is 10.3. The van der Waals surface area contributed by atoms with Crippen LogP contribution < -0.4 is 21.7 Å². The molecule has 0 unspecified atom stereocenters. The molecule has 54 heavy (non-hydrogen) atoms. The Morgan fingerprint density at radius 3 is 2.41 bits per heavy atom. The van der Waals surface area contributed by atoms with Crippen molar-refractivity contribution >= 4 is 40.1 Å². The van der Waals surface area contributed by atoms with Crippen LogP contribution in [0, 0.1) is 0 Å². The standard InChI is InChI=1S/C41H48ClN9O3/c1-3-35-32(38(47-30-14-17-54-18-15-30)33-23-46-51(4-2)39(33)49-35)22-45-41(53)37-10-6-9-36(48-37)40(52)44-21-26-11-12-34(42)31(20-26)28-8-5-7-27(19-28)24-50-16-13-29(43)25-50/h5-12,19-20,23,29-30H,3-4,13-18,21-22,24-25,43H2,1-2H3,(H,44,52)(H,45,53)(H,47,49)/t29-/m0/s1. The summed E-state index contributed by atoms with van der Waals surface area (Å²) in [7, 11) is 0. The lowest BCUT2D eigenvalue weighted by atomic mass is 10.0. The van der Waals surface area contributed by atoms with Crippen molar-refractivity contribution in [1.82, 2.24) is 35.3 Å². The molecule has 0 spiro atoms. The van der Waals surface area contributed by atoms with Gasteiger partial charge in [-0.2, -0.15) is 5.10 Å². The Morgan fingerprint density at radius 2 is 1.69 bits per heavy atom. The third-order valence-corrected chi connectivity index (χ3v) is 10.6. The summed E-state index contributed by atoms with van der Waals surface area (Å²) in [5, 5.41) is 15.9. The molecular formula is C41H48ClN9O3. The Kier molecular flexibility index (Phi) is 11.8. The van der Waals surface area contributed by atoms with Crippen LogP contribution in [-0.2, 0) is 37.3 Å². The summed E-state index contributed by atoms with van der Waals surface area (Å²) < 4.78 is 7.49. The molecular weight excluding hydrogens is 702 g/mol. The van der Waals surface area contributed by atoms with Crippen molar-refractivity contribution < 1.29 is 14.3 Å². The molecule has 0 aliphatic carbocycles. The van der Waals surface area contributed by atoms with E-state index < -0.39 is 0 Å². The summed E-state index contributed by atoms with van der Waals surface area (Å²) in [6.45, 7) is 9.45. The highest BCUT2D eigenvalue weighted by Gasteiger charge is 2.23. The third kappa shape index (κ3) is 8.57. The van der Waals surface area contributed by atoms with Crippen molar-refractivity contribution in [2.45, 2.75) is 77.8 Å². The lowest BCUT2D eigenvalue weighted by molar-refractivity contribution is 0.0904. The predicted octanol–water partition coefficient (Wildman–Crippen LogP) is 5.71. The van der Waals surface area contributed by atoms with Crippen LogP contribution >= 0.6 is 11.6 Å². The number of fused-ring (bicyclic) bond motifs is 1. The summed E-state index contributed by atoms with van der Waals surface area (Å²) in [6, 6.07) is 19.5. The van der Waals surface area contributed by atoms with Crippen molar-refractivity contribution in [1.29, 1.82) is 0 Å². The minimum Gasteiger partial charge on any atom is -0.381 e. The van der Waals surface area contributed by atoms with Gasteiger partial charge in [0.2, 0.25) is 0 Å². The molecule has 0 radical (unpaired) electrons. The maximum atomic E-state index is 13.5. The minimum absolute atomic E-state index is 0.150. The summed E-state index contributed by atoms with van der Waals surface area (Å²) in [5.41, 5.74) is 14.0. The summed E-state index contributed by atoms with van der Waals surface area (Å²) in [4.78, 5) is 38.6. The molecule has 0 bridgehead atoms. The molecule has 1 atom stereocenters. The number of carbonyl (C=O) groups is 2. The van der Waals surface area contributed by atoms with Gasteiger partial charge < -0.3 is 26.4 Å². The molecule has 5 heterocycles. The number of hydrogen-bond acceptors (Lipinski definition) is 9. The van der Waals surface area contributed by atoms with Crippen LogP contribution in [0.2, 0.25) is 5.02 Å². The maximum Gasteiger partial charge on any atom is 0.270 e. The Hall–Kier alpha value is -4.88. The van der Waals surface area contributed by atoms with Gasteiger partial charge in [-0.3, -0.25) is 14.5 Å². The highest BCUT2D eigenvalue weighted by Crippen LogP contribution is 2.32. The van der Waals surface area contributed by atoms with E-state index in [4.69, 9.17) is 27.1 Å². The SMILES string of the molecule is CCc1nc2c(cnn2CC)c(NC2CCOCC2)c1CNC(=O)c1cccc(C(=O)NCc2ccc(Cl)c(-c3cccc(CN4CC[C@H](N)C4)c3)c2)n1. The van der Waals surface area contributed by atoms with E-state index in [9.17, 15) is 9.59 Å². The number of rotatable bonds is 13. The van der Waals surface area contributed by atoms with Gasteiger partial charge in [0.25, 0.3) is 11.8 Å². The number of likely N-dealkylation sites (tertiary alicyclic amines) is 1. The molecule has 12 nitrogen and oxygen atoms in total. The molecule has 13 heteroatoms. The van der Waals surface area contributed by atoms with Crippen LogP contribution in [0.5, 0.6) is 0 Å². The van der Waals surface area contributed by atoms with E-state index >= 15 is 0 Å². The van der Waals surface area contributed by atoms with Gasteiger partial charge in [-0.15, -0.1) is 0 Å². The molecule has 0 saturated carbocycles. The molecule has 2 saturated heterocycles. The van der Waals surface area contributed by atoms with Crippen molar-refractivity contribution in [3.8, 4) is 11.1 Å². The van der Waals surface area contributed by atoms with Gasteiger partial charge in [-0.25, -0.2) is 14.6 Å². The van der Waals surface area contributed by atoms with Crippen molar-refractivity contribution in [2.24, 2.45) is 5.73 Å². The van der Waals surface area contributed by atoms with E-state index in [0.717, 1.165) is 83.6 Å². The van der Waals surface area contributed by atoms with Crippen molar-refractivity contribution in [3.05, 3.63) is 106 Å². The Bertz CT molecular complexity index is 2130. The highest BCUT2D eigenvalue weighted by atomic mass is 35.5. The number of carbonyl (C=O) groups excluding carboxylic acids is 2. The zero-order valence-corrected chi connectivity index (χ0v) is 31.7. The number of halogens is 1. The molecule has 5 aromatic rings. The van der Waals surface area contributed by atoms with Crippen LogP contribution in [-0.4, -0.2) is 74.8 Å². The molecule has 2 aromatic carbocycles. The van der Waals surface area contributed by atoms with E-state index in [0.29, 0.717) is 31.2 Å². The Labute approximate surface area is 320 Å². The minimum atomic E-state index is -0.384. The number of aryl methyl sites for hydroxylation is 2. The summed E-state index contributed by atoms with van der Waals surface area (Å²) in [6.07, 6.45) is 5.32. The first kappa shape index (κ1) is 37.4. The molecule has 282 valence electrons. The molecule has 2 amide bonds. The first-order valence-corrected chi connectivity index (χ1v) is 19.3. The van der Waals surface area contributed by atoms with E-state index in [1.165, 1.54) is 5.56 Å². The zero-order chi connectivity index (χ0) is 37.6. The number of nitrogens with one attached hydrogen (secondary N) is 3. The topological polar surface area (TPSA) is 152 Å². The number of benzene rings is 2. The number of nitrogens with zero attached hydrogens (tertiary/aromatic N) is 5. The fourth-order valence-electron chi connectivity index (χ4n) is 7.33. The number of pyridine rings is 2. The van der Waals surface area contributed by atoms with Crippen LogP contribution in [0.1, 0.15) is 76.5 Å². The largest absolute Gasteiger partial charge is 0.381 e. The molecule has 7 rings (SSSR count). The second kappa shape index (κ2) is 17.1. The number of hydrogen-bond donors (Lipinski definition) is 4. The Morgan fingerprint density at radius 1 is 0.926 bits per heavy atom. The number of amides is 2. The highest BCUT2D eigenvalue weighted by molar-refractivity contribution is 6.33. The average Bonchev–Trinajstić information content (AvgIpc) is 3.82. The number of ether oxygens (including phenoxy) is 1. The van der Waals surface area contributed by atoms with E-state index in [1.54, 1.807) is 18.2 Å². The van der Waals surface area contributed by atoms with Gasteiger partial charge in [-0.05, 0) is 79.6 Å². The van der Waals surface area contributed by atoms with Crippen molar-refractivity contribution in [2.75, 3.05) is 31.6 Å². The van der Waals surface area contributed by atoms with Gasteiger partial charge in [0.05, 0.1) is 17.3 Å². The number of aromatic nitrogens is 4. The van der Waals surface area contributed by atoms with E-state index in [-0.39, 0.29) is 48.4 Å². The lowest BCUT2D eigenvalue weighted by Gasteiger charge is -2.26. The molecule has 2 aliphatic rings. The van der Waals surface area contributed by atoms with Crippen LogP contribution in [0.3, 0.4) is 0 Å². The van der Waals surface area contributed by atoms with Crippen LogP contribution in [0.25, 0.3) is 22.2 Å². The van der Waals surface area contributed by atoms with Gasteiger partial charge in [0, 0.05) is 86.4 Å². The number of nitrogens with two attached hydrogens (primary N) is 1. The van der Waals surface area contributed by atoms with Gasteiger partial charge in [0.1, 0.15) is 11.4 Å². The number of anilines is 1. The van der Waals surface area contributed by atoms with Gasteiger partial charge >= 0.3 is 0 Å².